The van der Waals surface area contributed by atoms with Gasteiger partial charge in [0.25, 0.3) is 10.1 Å². The first-order valence-corrected chi connectivity index (χ1v) is 12.8. The normalized spacial score (nSPS) is 12.8. The zero-order valence-electron chi connectivity index (χ0n) is 18.6. The van der Waals surface area contributed by atoms with Crippen LogP contribution >= 0.6 is 0 Å². The Bertz CT molecular complexity index is 584. The fourth-order valence-corrected chi connectivity index (χ4v) is 3.68. The van der Waals surface area contributed by atoms with Gasteiger partial charge in [0, 0.05) is 0 Å². The number of carbonyl (C=O) groups is 2. The average Bonchev–Trinajstić information content (AvgIpc) is 2.69. The number of ether oxygens (including phenoxy) is 2. The summed E-state index contributed by atoms with van der Waals surface area (Å²) in [5.74, 6) is -2.07. The Labute approximate surface area is 182 Å². The van der Waals surface area contributed by atoms with Gasteiger partial charge in [-0.2, -0.15) is 8.42 Å². The molecule has 0 aromatic rings. The van der Waals surface area contributed by atoms with Crippen molar-refractivity contribution >= 4 is 22.1 Å². The fourth-order valence-electron chi connectivity index (χ4n) is 3.04. The number of unbranched alkanes of at least 4 members (excludes halogenated alkanes) is 12. The van der Waals surface area contributed by atoms with Crippen LogP contribution in [0, 0.1) is 0 Å². The fraction of sp³-hybridized carbons (Fsp3) is 0.818. The maximum absolute atomic E-state index is 11.8. The Morgan fingerprint density at radius 2 is 1.33 bits per heavy atom. The third-order valence-corrected chi connectivity index (χ3v) is 5.88. The Kier molecular flexibility index (Phi) is 17.5. The molecule has 1 N–H and O–H groups in total. The molecule has 7 nitrogen and oxygen atoms in total. The third-order valence-electron chi connectivity index (χ3n) is 4.81. The lowest BCUT2D eigenvalue weighted by Gasteiger charge is -2.11. The first-order chi connectivity index (χ1) is 14.3. The molecule has 0 fully saturated rings. The molecule has 0 bridgehead atoms. The van der Waals surface area contributed by atoms with Crippen molar-refractivity contribution in [1.29, 1.82) is 0 Å². The van der Waals surface area contributed by atoms with E-state index in [4.69, 9.17) is 9.29 Å². The second-order valence-electron chi connectivity index (χ2n) is 7.58. The van der Waals surface area contributed by atoms with E-state index in [1.807, 2.05) is 0 Å². The molecule has 0 aromatic carbocycles. The molecule has 0 radical (unpaired) electrons. The summed E-state index contributed by atoms with van der Waals surface area (Å²) in [6.45, 7) is 3.96. The Hall–Kier alpha value is -1.41. The highest BCUT2D eigenvalue weighted by Crippen LogP contribution is 2.13. The summed E-state index contributed by atoms with van der Waals surface area (Å²) in [6.07, 6.45) is 17.2. The molecule has 176 valence electrons. The second kappa shape index (κ2) is 18.4. The number of hydrogen-bond acceptors (Lipinski definition) is 6. The monoisotopic (exact) mass is 448 g/mol. The maximum atomic E-state index is 11.8. The van der Waals surface area contributed by atoms with Gasteiger partial charge < -0.3 is 9.47 Å². The molecule has 0 amide bonds. The molecule has 0 aliphatic heterocycles. The van der Waals surface area contributed by atoms with E-state index in [0.29, 0.717) is 6.42 Å². The molecule has 0 spiro atoms. The van der Waals surface area contributed by atoms with Gasteiger partial charge in [0.1, 0.15) is 0 Å². The summed E-state index contributed by atoms with van der Waals surface area (Å²) in [6, 6.07) is 0. The van der Waals surface area contributed by atoms with Crippen molar-refractivity contribution in [2.45, 2.75) is 109 Å². The van der Waals surface area contributed by atoms with Crippen LogP contribution in [0.15, 0.2) is 12.3 Å². The number of hydrogen-bond donors (Lipinski definition) is 1. The van der Waals surface area contributed by atoms with E-state index < -0.39 is 33.7 Å². The number of esters is 2. The number of rotatable bonds is 19. The Morgan fingerprint density at radius 1 is 0.867 bits per heavy atom. The standard InChI is InChI=1S/C22H40O7S/c1-3-5-6-7-8-9-10-11-12-13-14-15-16-18-28-21(23)19-20(30(25,26)27)22(24)29-17-4-2/h4,17,20H,3,5-16,18-19H2,1-2H3,(H,25,26,27)/b17-4+. The van der Waals surface area contributed by atoms with Crippen LogP contribution in [0.1, 0.15) is 104 Å². The molecule has 0 aromatic heterocycles. The summed E-state index contributed by atoms with van der Waals surface area (Å²) in [4.78, 5) is 23.4. The van der Waals surface area contributed by atoms with Crippen LogP contribution in [0.3, 0.4) is 0 Å². The third kappa shape index (κ3) is 16.4. The summed E-state index contributed by atoms with van der Waals surface area (Å²) < 4.78 is 41.2. The van der Waals surface area contributed by atoms with E-state index in [9.17, 15) is 18.0 Å². The predicted octanol–water partition coefficient (Wildman–Crippen LogP) is 5.34. The van der Waals surface area contributed by atoms with Crippen LogP contribution in [0.25, 0.3) is 0 Å². The highest BCUT2D eigenvalue weighted by molar-refractivity contribution is 7.87. The smallest absolute Gasteiger partial charge is 0.332 e. The molecular weight excluding hydrogens is 408 g/mol. The number of allylic oxidation sites excluding steroid dienone is 1. The summed E-state index contributed by atoms with van der Waals surface area (Å²) in [5.41, 5.74) is 0. The first-order valence-electron chi connectivity index (χ1n) is 11.3. The molecule has 1 unspecified atom stereocenters. The lowest BCUT2D eigenvalue weighted by Crippen LogP contribution is -2.33. The highest BCUT2D eigenvalue weighted by Gasteiger charge is 2.35. The van der Waals surface area contributed by atoms with Crippen LogP contribution in [-0.4, -0.2) is 36.8 Å². The molecule has 0 aliphatic carbocycles. The van der Waals surface area contributed by atoms with Gasteiger partial charge in [-0.05, 0) is 13.3 Å². The van der Waals surface area contributed by atoms with Crippen LogP contribution in [0.2, 0.25) is 0 Å². The van der Waals surface area contributed by atoms with Crippen molar-refractivity contribution in [3.63, 3.8) is 0 Å². The largest absolute Gasteiger partial charge is 0.466 e. The summed E-state index contributed by atoms with van der Waals surface area (Å²) >= 11 is 0. The van der Waals surface area contributed by atoms with Crippen LogP contribution < -0.4 is 0 Å². The Morgan fingerprint density at radius 3 is 1.77 bits per heavy atom. The topological polar surface area (TPSA) is 107 Å². The van der Waals surface area contributed by atoms with E-state index in [0.717, 1.165) is 25.5 Å². The van der Waals surface area contributed by atoms with E-state index in [1.54, 1.807) is 6.92 Å². The van der Waals surface area contributed by atoms with Gasteiger partial charge in [-0.1, -0.05) is 90.0 Å². The van der Waals surface area contributed by atoms with Gasteiger partial charge in [-0.15, -0.1) is 0 Å². The first kappa shape index (κ1) is 28.6. The van der Waals surface area contributed by atoms with E-state index in [2.05, 4.69) is 11.7 Å². The second-order valence-corrected chi connectivity index (χ2v) is 9.18. The highest BCUT2D eigenvalue weighted by atomic mass is 32.2. The molecular formula is C22H40O7S. The van der Waals surface area contributed by atoms with Crippen LogP contribution in [-0.2, 0) is 29.2 Å². The summed E-state index contributed by atoms with van der Waals surface area (Å²) in [7, 11) is -4.76. The molecule has 0 rings (SSSR count). The lowest BCUT2D eigenvalue weighted by molar-refractivity contribution is -0.147. The van der Waals surface area contributed by atoms with Gasteiger partial charge in [0.15, 0.2) is 5.25 Å². The van der Waals surface area contributed by atoms with Gasteiger partial charge in [-0.3, -0.25) is 14.1 Å². The SMILES string of the molecule is C/C=C/OC(=O)C(CC(=O)OCCCCCCCCCCCCCCC)S(=O)(=O)O. The van der Waals surface area contributed by atoms with Gasteiger partial charge >= 0.3 is 11.9 Å². The van der Waals surface area contributed by atoms with Crippen LogP contribution in [0.5, 0.6) is 0 Å². The maximum Gasteiger partial charge on any atom is 0.332 e. The van der Waals surface area contributed by atoms with Gasteiger partial charge in [-0.25, -0.2) is 0 Å². The molecule has 8 heteroatoms. The van der Waals surface area contributed by atoms with Crippen molar-refractivity contribution in [2.24, 2.45) is 0 Å². The molecule has 0 aliphatic rings. The van der Waals surface area contributed by atoms with Crippen molar-refractivity contribution in [3.05, 3.63) is 12.3 Å². The quantitative estimate of drug-likeness (QED) is 0.123. The zero-order valence-corrected chi connectivity index (χ0v) is 19.5. The minimum Gasteiger partial charge on any atom is -0.466 e. The minimum atomic E-state index is -4.76. The number of carbonyl (C=O) groups excluding carboxylic acids is 2. The molecule has 30 heavy (non-hydrogen) atoms. The van der Waals surface area contributed by atoms with E-state index in [-0.39, 0.29) is 6.61 Å². The van der Waals surface area contributed by atoms with Gasteiger partial charge in [0.2, 0.25) is 0 Å². The lowest BCUT2D eigenvalue weighted by atomic mass is 10.0. The predicted molar refractivity (Wildman–Crippen MR) is 118 cm³/mol. The minimum absolute atomic E-state index is 0.165. The van der Waals surface area contributed by atoms with Crippen molar-refractivity contribution in [1.82, 2.24) is 0 Å². The molecule has 0 saturated carbocycles. The van der Waals surface area contributed by atoms with Crippen molar-refractivity contribution < 1.29 is 32.0 Å². The van der Waals surface area contributed by atoms with Crippen LogP contribution in [0.4, 0.5) is 0 Å². The van der Waals surface area contributed by atoms with Gasteiger partial charge in [0.05, 0.1) is 19.3 Å². The van der Waals surface area contributed by atoms with Crippen molar-refractivity contribution in [2.75, 3.05) is 6.61 Å². The average molecular weight is 449 g/mol. The summed E-state index contributed by atoms with van der Waals surface area (Å²) in [5, 5.41) is -1.98. The van der Waals surface area contributed by atoms with Crippen molar-refractivity contribution in [3.8, 4) is 0 Å². The molecule has 1 atom stereocenters. The van der Waals surface area contributed by atoms with E-state index in [1.165, 1.54) is 63.9 Å². The Balaban J connectivity index is 3.75. The molecule has 0 saturated heterocycles. The zero-order chi connectivity index (χ0) is 22.7. The molecule has 0 heterocycles. The van der Waals surface area contributed by atoms with E-state index >= 15 is 0 Å².